The number of rotatable bonds is 8. The van der Waals surface area contributed by atoms with Gasteiger partial charge < -0.3 is 20.3 Å². The number of nitrogens with zero attached hydrogens (tertiary/aromatic N) is 4. The number of halogens is 1. The van der Waals surface area contributed by atoms with E-state index >= 15 is 0 Å². The van der Waals surface area contributed by atoms with Crippen molar-refractivity contribution in [1.82, 2.24) is 20.1 Å². The molecular formula is C26H30ClN5O4. The SMILES string of the molecule is COc1ccc2c(c1)C(c1ccc(Cl)cc1)=N[C@H](CC(=O)NCCC(O)C(C)(C)O)c1nnc(C)n1-2. The summed E-state index contributed by atoms with van der Waals surface area (Å²) in [5.41, 5.74) is 1.92. The van der Waals surface area contributed by atoms with Crippen LogP contribution >= 0.6 is 11.6 Å². The van der Waals surface area contributed by atoms with Crippen molar-refractivity contribution in [3.05, 3.63) is 70.3 Å². The third-order valence-electron chi connectivity index (χ3n) is 6.18. The van der Waals surface area contributed by atoms with Crippen LogP contribution in [0.5, 0.6) is 5.75 Å². The van der Waals surface area contributed by atoms with E-state index in [-0.39, 0.29) is 25.3 Å². The molecule has 4 rings (SSSR count). The highest BCUT2D eigenvalue weighted by Gasteiger charge is 2.30. The molecule has 0 aliphatic carbocycles. The monoisotopic (exact) mass is 511 g/mol. The fourth-order valence-electron chi connectivity index (χ4n) is 4.13. The third kappa shape index (κ3) is 5.43. The summed E-state index contributed by atoms with van der Waals surface area (Å²) in [4.78, 5) is 17.9. The average Bonchev–Trinajstić information content (AvgIpc) is 3.16. The standard InChI is InChI=1S/C26H30ClN5O4/c1-15-30-31-25-20(14-23(34)28-12-11-22(33)26(2,3)35)29-24(16-5-7-17(27)8-6-16)19-13-18(36-4)9-10-21(19)32(15)25/h5-10,13,20,22,33,35H,11-12,14H2,1-4H3,(H,28,34)/t20-,22?/m1/s1. The molecule has 0 radical (unpaired) electrons. The van der Waals surface area contributed by atoms with E-state index in [0.29, 0.717) is 28.1 Å². The molecular weight excluding hydrogens is 482 g/mol. The molecule has 10 heteroatoms. The zero-order valence-electron chi connectivity index (χ0n) is 20.7. The van der Waals surface area contributed by atoms with Crippen molar-refractivity contribution in [2.75, 3.05) is 13.7 Å². The largest absolute Gasteiger partial charge is 0.497 e. The number of benzene rings is 2. The van der Waals surface area contributed by atoms with Gasteiger partial charge in [0.05, 0.1) is 36.6 Å². The number of nitrogens with one attached hydrogen (secondary N) is 1. The molecule has 36 heavy (non-hydrogen) atoms. The Hall–Kier alpha value is -3.27. The highest BCUT2D eigenvalue weighted by Crippen LogP contribution is 2.34. The van der Waals surface area contributed by atoms with Crippen LogP contribution in [0.1, 0.15) is 55.5 Å². The zero-order chi connectivity index (χ0) is 26.0. The number of ether oxygens (including phenoxy) is 1. The summed E-state index contributed by atoms with van der Waals surface area (Å²) in [7, 11) is 1.61. The summed E-state index contributed by atoms with van der Waals surface area (Å²) in [5.74, 6) is 1.64. The summed E-state index contributed by atoms with van der Waals surface area (Å²) in [5, 5.41) is 32.0. The number of aliphatic hydroxyl groups excluding tert-OH is 1. The molecule has 0 saturated heterocycles. The van der Waals surface area contributed by atoms with Gasteiger partial charge in [-0.3, -0.25) is 14.4 Å². The first-order chi connectivity index (χ1) is 17.1. The minimum absolute atomic E-state index is 0.0267. The molecule has 1 unspecified atom stereocenters. The molecule has 1 aliphatic rings. The van der Waals surface area contributed by atoms with E-state index in [0.717, 1.165) is 16.8 Å². The Morgan fingerprint density at radius 3 is 2.61 bits per heavy atom. The van der Waals surface area contributed by atoms with E-state index in [1.165, 1.54) is 13.8 Å². The maximum Gasteiger partial charge on any atom is 0.222 e. The van der Waals surface area contributed by atoms with Crippen molar-refractivity contribution in [2.45, 2.75) is 51.4 Å². The Morgan fingerprint density at radius 2 is 1.94 bits per heavy atom. The number of carbonyl (C=O) groups is 1. The topological polar surface area (TPSA) is 122 Å². The lowest BCUT2D eigenvalue weighted by Gasteiger charge is -2.24. The molecule has 0 fully saturated rings. The van der Waals surface area contributed by atoms with Crippen LogP contribution in [0.25, 0.3) is 5.69 Å². The van der Waals surface area contributed by atoms with Gasteiger partial charge in [0.25, 0.3) is 0 Å². The van der Waals surface area contributed by atoms with E-state index in [2.05, 4.69) is 15.5 Å². The maximum absolute atomic E-state index is 12.9. The molecule has 190 valence electrons. The van der Waals surface area contributed by atoms with Crippen molar-refractivity contribution >= 4 is 23.2 Å². The molecule has 0 bridgehead atoms. The third-order valence-corrected chi connectivity index (χ3v) is 6.44. The van der Waals surface area contributed by atoms with Crippen LogP contribution in [-0.2, 0) is 4.79 Å². The van der Waals surface area contributed by atoms with Crippen LogP contribution in [0.4, 0.5) is 0 Å². The van der Waals surface area contributed by atoms with Gasteiger partial charge in [0, 0.05) is 22.7 Å². The predicted molar refractivity (Wildman–Crippen MR) is 137 cm³/mol. The van der Waals surface area contributed by atoms with Crippen LogP contribution in [0.2, 0.25) is 5.02 Å². The summed E-state index contributed by atoms with van der Waals surface area (Å²) in [6.07, 6.45) is -0.709. The second kappa shape index (κ2) is 10.4. The maximum atomic E-state index is 12.9. The number of hydrogen-bond acceptors (Lipinski definition) is 7. The first-order valence-corrected chi connectivity index (χ1v) is 12.1. The van der Waals surface area contributed by atoms with Gasteiger partial charge in [0.2, 0.25) is 5.91 Å². The van der Waals surface area contributed by atoms with Crippen molar-refractivity contribution in [3.63, 3.8) is 0 Å². The minimum atomic E-state index is -1.25. The molecule has 0 spiro atoms. The van der Waals surface area contributed by atoms with Crippen molar-refractivity contribution in [2.24, 2.45) is 4.99 Å². The molecule has 2 aromatic carbocycles. The summed E-state index contributed by atoms with van der Waals surface area (Å²) in [6, 6.07) is 12.5. The number of aliphatic imine (C=N–C) groups is 1. The lowest BCUT2D eigenvalue weighted by Crippen LogP contribution is -2.39. The second-order valence-electron chi connectivity index (χ2n) is 9.34. The molecule has 2 atom stereocenters. The Morgan fingerprint density at radius 1 is 1.22 bits per heavy atom. The van der Waals surface area contributed by atoms with Gasteiger partial charge in [-0.15, -0.1) is 10.2 Å². The van der Waals surface area contributed by atoms with E-state index in [1.54, 1.807) is 19.2 Å². The van der Waals surface area contributed by atoms with Gasteiger partial charge in [-0.05, 0) is 57.5 Å². The van der Waals surface area contributed by atoms with Crippen molar-refractivity contribution in [1.29, 1.82) is 0 Å². The van der Waals surface area contributed by atoms with Crippen LogP contribution in [0.3, 0.4) is 0 Å². The Balaban J connectivity index is 1.71. The number of hydrogen-bond donors (Lipinski definition) is 3. The number of amides is 1. The van der Waals surface area contributed by atoms with Crippen LogP contribution in [-0.4, -0.2) is 62.0 Å². The van der Waals surface area contributed by atoms with Crippen LogP contribution < -0.4 is 10.1 Å². The van der Waals surface area contributed by atoms with Crippen molar-refractivity contribution < 1.29 is 19.7 Å². The Bertz CT molecular complexity index is 1280. The van der Waals surface area contributed by atoms with E-state index in [1.807, 2.05) is 41.8 Å². The van der Waals surface area contributed by atoms with Crippen LogP contribution in [0, 0.1) is 6.92 Å². The first-order valence-electron chi connectivity index (χ1n) is 11.7. The molecule has 1 aliphatic heterocycles. The van der Waals surface area contributed by atoms with Gasteiger partial charge in [-0.2, -0.15) is 0 Å². The Labute approximate surface area is 214 Å². The molecule has 3 N–H and O–H groups in total. The van der Waals surface area contributed by atoms with Gasteiger partial charge in [0.15, 0.2) is 5.82 Å². The zero-order valence-corrected chi connectivity index (χ0v) is 21.5. The van der Waals surface area contributed by atoms with Gasteiger partial charge in [0.1, 0.15) is 17.6 Å². The number of fused-ring (bicyclic) bond motifs is 3. The Kier molecular flexibility index (Phi) is 7.44. The molecule has 3 aromatic rings. The second-order valence-corrected chi connectivity index (χ2v) is 9.77. The highest BCUT2D eigenvalue weighted by molar-refractivity contribution is 6.30. The lowest BCUT2D eigenvalue weighted by molar-refractivity contribution is -0.121. The fraction of sp³-hybridized carbons (Fsp3) is 0.385. The van der Waals surface area contributed by atoms with Crippen LogP contribution in [0.15, 0.2) is 47.5 Å². The quantitative estimate of drug-likeness (QED) is 0.427. The molecule has 0 saturated carbocycles. The number of carbonyl (C=O) groups excluding carboxylic acids is 1. The summed E-state index contributed by atoms with van der Waals surface area (Å²) >= 11 is 6.13. The number of methoxy groups -OCH3 is 1. The number of aryl methyl sites for hydroxylation is 1. The molecule has 9 nitrogen and oxygen atoms in total. The summed E-state index contributed by atoms with van der Waals surface area (Å²) < 4.78 is 7.40. The minimum Gasteiger partial charge on any atom is -0.497 e. The normalized spacial score (nSPS) is 15.9. The predicted octanol–water partition coefficient (Wildman–Crippen LogP) is 3.16. The number of aliphatic hydroxyl groups is 2. The molecule has 1 aromatic heterocycles. The summed E-state index contributed by atoms with van der Waals surface area (Å²) in [6.45, 7) is 5.13. The first kappa shape index (κ1) is 25.8. The van der Waals surface area contributed by atoms with E-state index in [4.69, 9.17) is 21.3 Å². The number of aromatic nitrogens is 3. The van der Waals surface area contributed by atoms with Gasteiger partial charge in [-0.25, -0.2) is 0 Å². The molecule has 1 amide bonds. The lowest BCUT2D eigenvalue weighted by atomic mass is 9.99. The van der Waals surface area contributed by atoms with E-state index < -0.39 is 17.7 Å². The average molecular weight is 512 g/mol. The fourth-order valence-corrected chi connectivity index (χ4v) is 4.25. The smallest absolute Gasteiger partial charge is 0.222 e. The van der Waals surface area contributed by atoms with Crippen molar-refractivity contribution in [3.8, 4) is 11.4 Å². The van der Waals surface area contributed by atoms with E-state index in [9.17, 15) is 15.0 Å². The highest BCUT2D eigenvalue weighted by atomic mass is 35.5. The van der Waals surface area contributed by atoms with Gasteiger partial charge in [-0.1, -0.05) is 23.7 Å². The molecule has 2 heterocycles. The van der Waals surface area contributed by atoms with Gasteiger partial charge >= 0.3 is 0 Å².